The van der Waals surface area contributed by atoms with Crippen molar-refractivity contribution in [3.63, 3.8) is 0 Å². The van der Waals surface area contributed by atoms with E-state index in [9.17, 15) is 8.42 Å². The molecule has 0 amide bonds. The van der Waals surface area contributed by atoms with Gasteiger partial charge in [0.15, 0.2) is 11.5 Å². The van der Waals surface area contributed by atoms with Crippen molar-refractivity contribution in [3.8, 4) is 17.2 Å². The second-order valence-corrected chi connectivity index (χ2v) is 7.37. The number of aryl methyl sites for hydroxylation is 1. The highest BCUT2D eigenvalue weighted by Gasteiger charge is 2.26. The number of ether oxygens (including phenoxy) is 3. The van der Waals surface area contributed by atoms with Crippen molar-refractivity contribution in [3.05, 3.63) is 17.7 Å². The second kappa shape index (κ2) is 6.53. The first-order valence-electron chi connectivity index (χ1n) is 6.44. The van der Waals surface area contributed by atoms with E-state index in [2.05, 4.69) is 0 Å². The van der Waals surface area contributed by atoms with E-state index in [1.54, 1.807) is 13.8 Å². The maximum absolute atomic E-state index is 11.2. The zero-order chi connectivity index (χ0) is 16.3. The normalized spacial score (nSPS) is 12.1. The van der Waals surface area contributed by atoms with Crippen LogP contribution in [0.1, 0.15) is 19.4 Å². The molecule has 2 N–H and O–H groups in total. The van der Waals surface area contributed by atoms with Gasteiger partial charge in [0.25, 0.3) is 0 Å². The third-order valence-electron chi connectivity index (χ3n) is 2.80. The average molecular weight is 317 g/mol. The third-order valence-corrected chi connectivity index (χ3v) is 3.99. The van der Waals surface area contributed by atoms with Gasteiger partial charge in [-0.1, -0.05) is 13.8 Å². The molecule has 0 aromatic heterocycles. The van der Waals surface area contributed by atoms with Gasteiger partial charge >= 0.3 is 0 Å². The van der Waals surface area contributed by atoms with Crippen LogP contribution >= 0.6 is 0 Å². The van der Waals surface area contributed by atoms with Gasteiger partial charge in [-0.25, -0.2) is 13.6 Å². The SMILES string of the molecule is COc1cc(C)cc(OC)c1OCC(C)(C)CS(N)(=O)=O. The Kier molecular flexibility index (Phi) is 5.47. The van der Waals surface area contributed by atoms with E-state index >= 15 is 0 Å². The van der Waals surface area contributed by atoms with E-state index in [0.717, 1.165) is 5.56 Å². The van der Waals surface area contributed by atoms with E-state index in [0.29, 0.717) is 17.2 Å². The molecule has 0 heterocycles. The van der Waals surface area contributed by atoms with Gasteiger partial charge in [0.1, 0.15) is 0 Å². The molecule has 0 spiro atoms. The fraction of sp³-hybridized carbons (Fsp3) is 0.571. The quantitative estimate of drug-likeness (QED) is 0.827. The van der Waals surface area contributed by atoms with Crippen molar-refractivity contribution in [2.24, 2.45) is 10.6 Å². The number of hydrogen-bond donors (Lipinski definition) is 1. The van der Waals surface area contributed by atoms with Crippen LogP contribution in [0.2, 0.25) is 0 Å². The largest absolute Gasteiger partial charge is 0.493 e. The number of nitrogens with two attached hydrogens (primary N) is 1. The molecule has 1 aromatic rings. The predicted octanol–water partition coefficient (Wildman–Crippen LogP) is 1.71. The topological polar surface area (TPSA) is 87.8 Å². The summed E-state index contributed by atoms with van der Waals surface area (Å²) in [5.41, 5.74) is 0.342. The van der Waals surface area contributed by atoms with Crippen molar-refractivity contribution in [2.75, 3.05) is 26.6 Å². The number of methoxy groups -OCH3 is 2. The number of primary sulfonamides is 1. The summed E-state index contributed by atoms with van der Waals surface area (Å²) < 4.78 is 38.8. The fourth-order valence-corrected chi connectivity index (χ4v) is 3.18. The first-order chi connectivity index (χ1) is 9.58. The van der Waals surface area contributed by atoms with E-state index in [1.807, 2.05) is 19.1 Å². The first kappa shape index (κ1) is 17.6. The molecule has 0 aliphatic carbocycles. The lowest BCUT2D eigenvalue weighted by molar-refractivity contribution is 0.186. The molecule has 0 unspecified atom stereocenters. The molecule has 7 heteroatoms. The summed E-state index contributed by atoms with van der Waals surface area (Å²) in [6.07, 6.45) is 0. The number of hydrogen-bond acceptors (Lipinski definition) is 5. The molecule has 0 saturated heterocycles. The van der Waals surface area contributed by atoms with Crippen LogP contribution in [0.3, 0.4) is 0 Å². The second-order valence-electron chi connectivity index (χ2n) is 5.76. The van der Waals surface area contributed by atoms with Crippen molar-refractivity contribution >= 4 is 10.0 Å². The Bertz CT molecular complexity index is 570. The highest BCUT2D eigenvalue weighted by molar-refractivity contribution is 7.89. The van der Waals surface area contributed by atoms with Gasteiger partial charge in [-0.05, 0) is 24.6 Å². The molecule has 0 aliphatic rings. The Hall–Kier alpha value is -1.47. The summed E-state index contributed by atoms with van der Waals surface area (Å²) in [4.78, 5) is 0. The highest BCUT2D eigenvalue weighted by Crippen LogP contribution is 2.39. The van der Waals surface area contributed by atoms with E-state index in [1.165, 1.54) is 14.2 Å². The maximum atomic E-state index is 11.2. The van der Waals surface area contributed by atoms with Crippen LogP contribution in [0, 0.1) is 12.3 Å². The summed E-state index contributed by atoms with van der Waals surface area (Å²) >= 11 is 0. The van der Waals surface area contributed by atoms with E-state index in [4.69, 9.17) is 19.3 Å². The van der Waals surface area contributed by atoms with E-state index in [-0.39, 0.29) is 12.4 Å². The van der Waals surface area contributed by atoms with Crippen LogP contribution < -0.4 is 19.3 Å². The van der Waals surface area contributed by atoms with Gasteiger partial charge in [-0.2, -0.15) is 0 Å². The molecule has 21 heavy (non-hydrogen) atoms. The summed E-state index contributed by atoms with van der Waals surface area (Å²) in [6.45, 7) is 5.62. The maximum Gasteiger partial charge on any atom is 0.209 e. The van der Waals surface area contributed by atoms with E-state index < -0.39 is 15.4 Å². The smallest absolute Gasteiger partial charge is 0.209 e. The lowest BCUT2D eigenvalue weighted by atomic mass is 9.98. The molecule has 0 radical (unpaired) electrons. The van der Waals surface area contributed by atoms with Crippen LogP contribution in [0.15, 0.2) is 12.1 Å². The van der Waals surface area contributed by atoms with Crippen LogP contribution in [0.4, 0.5) is 0 Å². The lowest BCUT2D eigenvalue weighted by Crippen LogP contribution is -2.33. The molecule has 120 valence electrons. The molecule has 1 aromatic carbocycles. The molecule has 1 rings (SSSR count). The minimum atomic E-state index is -3.57. The number of sulfonamides is 1. The van der Waals surface area contributed by atoms with Crippen LogP contribution in [0.5, 0.6) is 17.2 Å². The van der Waals surface area contributed by atoms with Crippen LogP contribution in [0.25, 0.3) is 0 Å². The molecular formula is C14H23NO5S. The summed E-state index contributed by atoms with van der Waals surface area (Å²) in [5.74, 6) is 1.36. The lowest BCUT2D eigenvalue weighted by Gasteiger charge is -2.25. The molecular weight excluding hydrogens is 294 g/mol. The Balaban J connectivity index is 2.98. The van der Waals surface area contributed by atoms with Crippen molar-refractivity contribution in [1.82, 2.24) is 0 Å². The zero-order valence-electron chi connectivity index (χ0n) is 13.1. The molecule has 6 nitrogen and oxygen atoms in total. The molecule has 0 saturated carbocycles. The summed E-state index contributed by atoms with van der Waals surface area (Å²) in [6, 6.07) is 3.65. The zero-order valence-corrected chi connectivity index (χ0v) is 13.9. The third kappa shape index (κ3) is 5.43. The van der Waals surface area contributed by atoms with Gasteiger partial charge in [0.05, 0.1) is 26.6 Å². The molecule has 0 bridgehead atoms. The Labute approximate surface area is 126 Å². The van der Waals surface area contributed by atoms with Gasteiger partial charge in [0.2, 0.25) is 15.8 Å². The Morgan fingerprint density at radius 1 is 1.14 bits per heavy atom. The van der Waals surface area contributed by atoms with Crippen LogP contribution in [-0.2, 0) is 10.0 Å². The summed E-state index contributed by atoms with van der Waals surface area (Å²) in [5, 5.41) is 5.09. The van der Waals surface area contributed by atoms with Crippen molar-refractivity contribution in [2.45, 2.75) is 20.8 Å². The van der Waals surface area contributed by atoms with Crippen molar-refractivity contribution < 1.29 is 22.6 Å². The first-order valence-corrected chi connectivity index (χ1v) is 8.15. The average Bonchev–Trinajstić information content (AvgIpc) is 2.33. The van der Waals surface area contributed by atoms with Gasteiger partial charge in [-0.3, -0.25) is 0 Å². The minimum Gasteiger partial charge on any atom is -0.493 e. The number of rotatable bonds is 7. The molecule has 0 atom stereocenters. The van der Waals surface area contributed by atoms with Gasteiger partial charge in [-0.15, -0.1) is 0 Å². The van der Waals surface area contributed by atoms with Crippen molar-refractivity contribution in [1.29, 1.82) is 0 Å². The minimum absolute atomic E-state index is 0.166. The summed E-state index contributed by atoms with van der Waals surface area (Å²) in [7, 11) is -0.490. The molecule has 0 aliphatic heterocycles. The standard InChI is InChI=1S/C14H23NO5S/c1-10-6-11(18-4)13(12(7-10)19-5)20-8-14(2,3)9-21(15,16)17/h6-7H,8-9H2,1-5H3,(H2,15,16,17). The monoisotopic (exact) mass is 317 g/mol. The fourth-order valence-electron chi connectivity index (χ4n) is 2.01. The Morgan fingerprint density at radius 2 is 1.62 bits per heavy atom. The van der Waals surface area contributed by atoms with Gasteiger partial charge in [0, 0.05) is 5.41 Å². The highest BCUT2D eigenvalue weighted by atomic mass is 32.2. The predicted molar refractivity (Wildman–Crippen MR) is 81.5 cm³/mol. The van der Waals surface area contributed by atoms with Gasteiger partial charge < -0.3 is 14.2 Å². The van der Waals surface area contributed by atoms with Crippen LogP contribution in [-0.4, -0.2) is 35.0 Å². The Morgan fingerprint density at radius 3 is 2.00 bits per heavy atom. The number of benzene rings is 1. The molecule has 0 fully saturated rings.